The molecule has 0 atom stereocenters. The highest BCUT2D eigenvalue weighted by molar-refractivity contribution is 6.32. The fourth-order valence-electron chi connectivity index (χ4n) is 2.19. The molecule has 7 heteroatoms. The van der Waals surface area contributed by atoms with E-state index in [2.05, 4.69) is 0 Å². The van der Waals surface area contributed by atoms with E-state index in [0.29, 0.717) is 41.7 Å². The van der Waals surface area contributed by atoms with Crippen molar-refractivity contribution in [3.63, 3.8) is 0 Å². The molecule has 26 heavy (non-hydrogen) atoms. The maximum absolute atomic E-state index is 12.3. The van der Waals surface area contributed by atoms with Gasteiger partial charge in [-0.15, -0.1) is 0 Å². The molecule has 0 spiro atoms. The summed E-state index contributed by atoms with van der Waals surface area (Å²) in [6, 6.07) is 13.9. The summed E-state index contributed by atoms with van der Waals surface area (Å²) in [4.78, 5) is 24.3. The van der Waals surface area contributed by atoms with Crippen molar-refractivity contribution in [2.45, 2.75) is 12.8 Å². The predicted molar refractivity (Wildman–Crippen MR) is 99.2 cm³/mol. The monoisotopic (exact) mass is 377 g/mol. The summed E-state index contributed by atoms with van der Waals surface area (Å²) in [5.41, 5.74) is 0.699. The standard InChI is InChI=1S/C19H20ClNO5/c1-21(14-8-10-15(11-9-14)26-13-19(23)24)18(22)7-4-12-25-17-6-3-2-5-16(17)20/h2-3,5-6,8-11H,4,7,12-13H2,1H3,(H,23,24). The van der Waals surface area contributed by atoms with Crippen molar-refractivity contribution in [3.8, 4) is 11.5 Å². The van der Waals surface area contributed by atoms with Crippen molar-refractivity contribution in [2.75, 3.05) is 25.2 Å². The molecule has 0 aromatic heterocycles. The van der Waals surface area contributed by atoms with E-state index in [1.165, 1.54) is 4.90 Å². The smallest absolute Gasteiger partial charge is 0.341 e. The first-order valence-electron chi connectivity index (χ1n) is 8.06. The number of aliphatic carboxylic acids is 1. The molecule has 0 heterocycles. The molecule has 1 amide bonds. The molecule has 6 nitrogen and oxygen atoms in total. The van der Waals surface area contributed by atoms with Crippen molar-refractivity contribution >= 4 is 29.2 Å². The highest BCUT2D eigenvalue weighted by Crippen LogP contribution is 2.23. The molecule has 0 unspecified atom stereocenters. The van der Waals surface area contributed by atoms with Crippen molar-refractivity contribution in [1.29, 1.82) is 0 Å². The van der Waals surface area contributed by atoms with Gasteiger partial charge >= 0.3 is 5.97 Å². The van der Waals surface area contributed by atoms with Crippen LogP contribution in [-0.2, 0) is 9.59 Å². The van der Waals surface area contributed by atoms with E-state index in [-0.39, 0.29) is 5.91 Å². The van der Waals surface area contributed by atoms with Crippen molar-refractivity contribution < 1.29 is 24.2 Å². The topological polar surface area (TPSA) is 76.1 Å². The average molecular weight is 378 g/mol. The lowest BCUT2D eigenvalue weighted by molar-refractivity contribution is -0.139. The van der Waals surface area contributed by atoms with Gasteiger partial charge in [-0.1, -0.05) is 23.7 Å². The van der Waals surface area contributed by atoms with Crippen LogP contribution in [0.15, 0.2) is 48.5 Å². The second kappa shape index (κ2) is 9.68. The lowest BCUT2D eigenvalue weighted by Crippen LogP contribution is -2.26. The Morgan fingerprint density at radius 3 is 2.42 bits per heavy atom. The summed E-state index contributed by atoms with van der Waals surface area (Å²) in [6.07, 6.45) is 0.895. The average Bonchev–Trinajstić information content (AvgIpc) is 2.64. The second-order valence-electron chi connectivity index (χ2n) is 5.51. The van der Waals surface area contributed by atoms with Gasteiger partial charge in [-0.25, -0.2) is 4.79 Å². The third kappa shape index (κ3) is 5.97. The molecule has 0 radical (unpaired) electrons. The zero-order valence-electron chi connectivity index (χ0n) is 14.4. The molecule has 1 N–H and O–H groups in total. The number of hydrogen-bond donors (Lipinski definition) is 1. The summed E-state index contributed by atoms with van der Waals surface area (Å²) >= 11 is 6.01. The zero-order valence-corrected chi connectivity index (χ0v) is 15.1. The maximum atomic E-state index is 12.3. The number of carbonyl (C=O) groups is 2. The maximum Gasteiger partial charge on any atom is 0.341 e. The third-order valence-corrected chi connectivity index (χ3v) is 3.90. The van der Waals surface area contributed by atoms with Crippen LogP contribution in [0.25, 0.3) is 0 Å². The minimum atomic E-state index is -1.04. The number of para-hydroxylation sites is 1. The van der Waals surface area contributed by atoms with Crippen LogP contribution >= 0.6 is 11.6 Å². The van der Waals surface area contributed by atoms with E-state index < -0.39 is 12.6 Å². The van der Waals surface area contributed by atoms with Gasteiger partial charge in [-0.05, 0) is 42.8 Å². The van der Waals surface area contributed by atoms with Gasteiger partial charge in [-0.2, -0.15) is 0 Å². The van der Waals surface area contributed by atoms with Crippen LogP contribution < -0.4 is 14.4 Å². The van der Waals surface area contributed by atoms with E-state index in [4.69, 9.17) is 26.2 Å². The Bertz CT molecular complexity index is 748. The molecule has 0 aliphatic carbocycles. The number of carboxylic acids is 1. The summed E-state index contributed by atoms with van der Waals surface area (Å²) in [5.74, 6) is -0.0515. The van der Waals surface area contributed by atoms with Crippen LogP contribution in [-0.4, -0.2) is 37.2 Å². The number of amides is 1. The van der Waals surface area contributed by atoms with E-state index in [1.807, 2.05) is 12.1 Å². The Labute approximate surface area is 156 Å². The summed E-state index contributed by atoms with van der Waals surface area (Å²) in [6.45, 7) is -0.00910. The van der Waals surface area contributed by atoms with E-state index in [9.17, 15) is 9.59 Å². The Hall–Kier alpha value is -2.73. The molecular weight excluding hydrogens is 358 g/mol. The Balaban J connectivity index is 1.78. The molecular formula is C19H20ClNO5. The normalized spacial score (nSPS) is 10.2. The van der Waals surface area contributed by atoms with Crippen LogP contribution in [0.3, 0.4) is 0 Å². The first kappa shape index (κ1) is 19.6. The molecule has 0 saturated carbocycles. The van der Waals surface area contributed by atoms with Crippen molar-refractivity contribution in [3.05, 3.63) is 53.6 Å². The number of rotatable bonds is 9. The molecule has 0 bridgehead atoms. The highest BCUT2D eigenvalue weighted by atomic mass is 35.5. The largest absolute Gasteiger partial charge is 0.492 e. The third-order valence-electron chi connectivity index (χ3n) is 3.59. The van der Waals surface area contributed by atoms with E-state index >= 15 is 0 Å². The molecule has 138 valence electrons. The number of benzene rings is 2. The lowest BCUT2D eigenvalue weighted by Gasteiger charge is -2.18. The van der Waals surface area contributed by atoms with Gasteiger partial charge in [0.25, 0.3) is 0 Å². The molecule has 2 aromatic carbocycles. The van der Waals surface area contributed by atoms with Crippen LogP contribution in [0, 0.1) is 0 Å². The van der Waals surface area contributed by atoms with E-state index in [0.717, 1.165) is 0 Å². The molecule has 0 aliphatic rings. The summed E-state index contributed by atoms with van der Waals surface area (Å²) < 4.78 is 10.6. The van der Waals surface area contributed by atoms with Gasteiger partial charge in [0.2, 0.25) is 5.91 Å². The quantitative estimate of drug-likeness (QED) is 0.675. The number of halogens is 1. The zero-order chi connectivity index (χ0) is 18.9. The summed E-state index contributed by atoms with van der Waals surface area (Å²) in [5, 5.41) is 9.13. The Morgan fingerprint density at radius 1 is 1.08 bits per heavy atom. The minimum Gasteiger partial charge on any atom is -0.492 e. The van der Waals surface area contributed by atoms with Gasteiger partial charge in [0.05, 0.1) is 11.6 Å². The number of carbonyl (C=O) groups excluding carboxylic acids is 1. The molecule has 0 aliphatic heterocycles. The second-order valence-corrected chi connectivity index (χ2v) is 5.92. The SMILES string of the molecule is CN(C(=O)CCCOc1ccccc1Cl)c1ccc(OCC(=O)O)cc1. The minimum absolute atomic E-state index is 0.0491. The Kier molecular flexibility index (Phi) is 7.29. The first-order chi connectivity index (χ1) is 12.5. The molecule has 2 rings (SSSR count). The molecule has 2 aromatic rings. The number of ether oxygens (including phenoxy) is 2. The number of carboxylic acid groups (broad SMARTS) is 1. The molecule has 0 saturated heterocycles. The number of hydrogen-bond acceptors (Lipinski definition) is 4. The van der Waals surface area contributed by atoms with Crippen LogP contribution in [0.2, 0.25) is 5.02 Å². The van der Waals surface area contributed by atoms with Gasteiger partial charge in [0.15, 0.2) is 6.61 Å². The highest BCUT2D eigenvalue weighted by Gasteiger charge is 2.11. The Morgan fingerprint density at radius 2 is 1.77 bits per heavy atom. The van der Waals surface area contributed by atoms with Gasteiger partial charge in [0.1, 0.15) is 11.5 Å². The number of anilines is 1. The van der Waals surface area contributed by atoms with Crippen LogP contribution in [0.4, 0.5) is 5.69 Å². The van der Waals surface area contributed by atoms with Gasteiger partial charge < -0.3 is 19.5 Å². The predicted octanol–water partition coefficient (Wildman–Crippen LogP) is 3.63. The van der Waals surface area contributed by atoms with Crippen LogP contribution in [0.5, 0.6) is 11.5 Å². The van der Waals surface area contributed by atoms with Crippen LogP contribution in [0.1, 0.15) is 12.8 Å². The molecule has 0 fully saturated rings. The van der Waals surface area contributed by atoms with Crippen molar-refractivity contribution in [2.24, 2.45) is 0 Å². The fourth-order valence-corrected chi connectivity index (χ4v) is 2.38. The van der Waals surface area contributed by atoms with Crippen molar-refractivity contribution in [1.82, 2.24) is 0 Å². The summed E-state index contributed by atoms with van der Waals surface area (Å²) in [7, 11) is 1.68. The first-order valence-corrected chi connectivity index (χ1v) is 8.43. The van der Waals surface area contributed by atoms with Gasteiger partial charge in [0, 0.05) is 19.2 Å². The number of nitrogens with zero attached hydrogens (tertiary/aromatic N) is 1. The fraction of sp³-hybridized carbons (Fsp3) is 0.263. The van der Waals surface area contributed by atoms with E-state index in [1.54, 1.807) is 43.4 Å². The van der Waals surface area contributed by atoms with Gasteiger partial charge in [-0.3, -0.25) is 4.79 Å². The lowest BCUT2D eigenvalue weighted by atomic mass is 10.2.